The second-order valence-electron chi connectivity index (χ2n) is 5.43. The van der Waals surface area contributed by atoms with Gasteiger partial charge in [-0.3, -0.25) is 14.5 Å². The maximum absolute atomic E-state index is 12.7. The molecule has 6 heteroatoms. The fourth-order valence-electron chi connectivity index (χ4n) is 2.56. The first-order chi connectivity index (χ1) is 11.6. The molecule has 1 aliphatic heterocycles. The SMILES string of the molecule is COc1ccc(O[C@H](C)C(=O)N2CC(=O)Nc3ccccc32)cc1. The second kappa shape index (κ2) is 6.62. The van der Waals surface area contributed by atoms with Crippen LogP contribution in [0, 0.1) is 0 Å². The van der Waals surface area contributed by atoms with E-state index < -0.39 is 6.10 Å². The summed E-state index contributed by atoms with van der Waals surface area (Å²) in [5.41, 5.74) is 1.30. The van der Waals surface area contributed by atoms with Gasteiger partial charge in [0.15, 0.2) is 6.10 Å². The van der Waals surface area contributed by atoms with Gasteiger partial charge in [0.2, 0.25) is 5.91 Å². The Labute approximate surface area is 140 Å². The third-order valence-electron chi connectivity index (χ3n) is 3.76. The molecular formula is C18H18N2O4. The molecule has 0 aromatic heterocycles. The first-order valence-electron chi connectivity index (χ1n) is 7.59. The minimum Gasteiger partial charge on any atom is -0.497 e. The van der Waals surface area contributed by atoms with Crippen molar-refractivity contribution in [1.82, 2.24) is 0 Å². The average Bonchev–Trinajstić information content (AvgIpc) is 2.61. The lowest BCUT2D eigenvalue weighted by molar-refractivity contribution is -0.126. The Morgan fingerprint density at radius 3 is 2.50 bits per heavy atom. The summed E-state index contributed by atoms with van der Waals surface area (Å²) in [6.07, 6.45) is -0.725. The van der Waals surface area contributed by atoms with E-state index in [-0.39, 0.29) is 18.4 Å². The number of para-hydroxylation sites is 2. The van der Waals surface area contributed by atoms with E-state index in [1.165, 1.54) is 4.90 Å². The molecule has 0 bridgehead atoms. The minimum absolute atomic E-state index is 0.0217. The number of fused-ring (bicyclic) bond motifs is 1. The minimum atomic E-state index is -0.725. The van der Waals surface area contributed by atoms with Crippen molar-refractivity contribution in [2.24, 2.45) is 0 Å². The number of rotatable bonds is 4. The maximum Gasteiger partial charge on any atom is 0.268 e. The van der Waals surface area contributed by atoms with Crippen LogP contribution in [0.4, 0.5) is 11.4 Å². The molecule has 0 unspecified atom stereocenters. The van der Waals surface area contributed by atoms with E-state index in [2.05, 4.69) is 5.32 Å². The molecule has 1 heterocycles. The van der Waals surface area contributed by atoms with E-state index in [0.717, 1.165) is 0 Å². The molecule has 0 saturated carbocycles. The summed E-state index contributed by atoms with van der Waals surface area (Å²) in [6, 6.07) is 14.2. The van der Waals surface area contributed by atoms with Crippen LogP contribution in [0.2, 0.25) is 0 Å². The van der Waals surface area contributed by atoms with Crippen LogP contribution in [0.15, 0.2) is 48.5 Å². The third-order valence-corrected chi connectivity index (χ3v) is 3.76. The highest BCUT2D eigenvalue weighted by Crippen LogP contribution is 2.29. The van der Waals surface area contributed by atoms with Crippen molar-refractivity contribution in [3.8, 4) is 11.5 Å². The molecule has 24 heavy (non-hydrogen) atoms. The van der Waals surface area contributed by atoms with E-state index in [1.54, 1.807) is 50.4 Å². The van der Waals surface area contributed by atoms with Crippen LogP contribution in [0.25, 0.3) is 0 Å². The fourth-order valence-corrected chi connectivity index (χ4v) is 2.56. The van der Waals surface area contributed by atoms with Crippen LogP contribution in [-0.2, 0) is 9.59 Å². The Bertz CT molecular complexity index is 758. The molecule has 0 spiro atoms. The van der Waals surface area contributed by atoms with Crippen molar-refractivity contribution in [2.75, 3.05) is 23.9 Å². The zero-order valence-electron chi connectivity index (χ0n) is 13.5. The lowest BCUT2D eigenvalue weighted by Crippen LogP contribution is -2.47. The quantitative estimate of drug-likeness (QED) is 0.937. The number of methoxy groups -OCH3 is 1. The van der Waals surface area contributed by atoms with Crippen molar-refractivity contribution < 1.29 is 19.1 Å². The predicted molar refractivity (Wildman–Crippen MR) is 90.5 cm³/mol. The summed E-state index contributed by atoms with van der Waals surface area (Å²) >= 11 is 0. The van der Waals surface area contributed by atoms with Gasteiger partial charge in [0.25, 0.3) is 5.91 Å². The molecule has 1 aliphatic rings. The average molecular weight is 326 g/mol. The van der Waals surface area contributed by atoms with Gasteiger partial charge in [0.1, 0.15) is 18.0 Å². The Balaban J connectivity index is 1.76. The van der Waals surface area contributed by atoms with Gasteiger partial charge in [-0.1, -0.05) is 12.1 Å². The lowest BCUT2D eigenvalue weighted by atomic mass is 10.1. The van der Waals surface area contributed by atoms with E-state index in [4.69, 9.17) is 9.47 Å². The summed E-state index contributed by atoms with van der Waals surface area (Å²) in [7, 11) is 1.58. The van der Waals surface area contributed by atoms with Gasteiger partial charge in [0.05, 0.1) is 18.5 Å². The number of carbonyl (C=O) groups excluding carboxylic acids is 2. The maximum atomic E-state index is 12.7. The second-order valence-corrected chi connectivity index (χ2v) is 5.43. The standard InChI is InChI=1S/C18H18N2O4/c1-12(24-14-9-7-13(23-2)8-10-14)18(22)20-11-17(21)19-15-5-3-4-6-16(15)20/h3-10,12H,11H2,1-2H3,(H,19,21)/t12-/m1/s1. The van der Waals surface area contributed by atoms with E-state index in [9.17, 15) is 9.59 Å². The summed E-state index contributed by atoms with van der Waals surface area (Å²) < 4.78 is 10.8. The number of ether oxygens (including phenoxy) is 2. The molecule has 0 fully saturated rings. The third kappa shape index (κ3) is 3.17. The number of nitrogens with one attached hydrogen (secondary N) is 1. The van der Waals surface area contributed by atoms with Gasteiger partial charge in [-0.2, -0.15) is 0 Å². The van der Waals surface area contributed by atoms with Gasteiger partial charge in [-0.15, -0.1) is 0 Å². The Kier molecular flexibility index (Phi) is 4.37. The van der Waals surface area contributed by atoms with E-state index >= 15 is 0 Å². The molecule has 1 atom stereocenters. The Hall–Kier alpha value is -3.02. The molecule has 2 aromatic rings. The summed E-state index contributed by atoms with van der Waals surface area (Å²) in [6.45, 7) is 1.65. The molecule has 2 aromatic carbocycles. The molecular weight excluding hydrogens is 308 g/mol. The van der Waals surface area contributed by atoms with E-state index in [1.807, 2.05) is 12.1 Å². The summed E-state index contributed by atoms with van der Waals surface area (Å²) in [4.78, 5) is 26.0. The van der Waals surface area contributed by atoms with Gasteiger partial charge in [-0.05, 0) is 43.3 Å². The first kappa shape index (κ1) is 15.9. The zero-order chi connectivity index (χ0) is 17.1. The van der Waals surface area contributed by atoms with Crippen LogP contribution in [-0.4, -0.2) is 31.6 Å². The highest BCUT2D eigenvalue weighted by molar-refractivity contribution is 6.10. The van der Waals surface area contributed by atoms with Gasteiger partial charge < -0.3 is 14.8 Å². The molecule has 1 N–H and O–H groups in total. The number of hydrogen-bond donors (Lipinski definition) is 1. The molecule has 2 amide bonds. The van der Waals surface area contributed by atoms with Crippen molar-refractivity contribution in [3.63, 3.8) is 0 Å². The summed E-state index contributed by atoms with van der Waals surface area (Å²) in [5, 5.41) is 2.76. The molecule has 0 aliphatic carbocycles. The number of amides is 2. The van der Waals surface area contributed by atoms with E-state index in [0.29, 0.717) is 22.9 Å². The van der Waals surface area contributed by atoms with Gasteiger partial charge >= 0.3 is 0 Å². The monoisotopic (exact) mass is 326 g/mol. The number of anilines is 2. The number of nitrogens with zero attached hydrogens (tertiary/aromatic N) is 1. The van der Waals surface area contributed by atoms with Crippen LogP contribution in [0.3, 0.4) is 0 Å². The fraction of sp³-hybridized carbons (Fsp3) is 0.222. The van der Waals surface area contributed by atoms with Crippen LogP contribution in [0.5, 0.6) is 11.5 Å². The van der Waals surface area contributed by atoms with Crippen LogP contribution < -0.4 is 19.7 Å². The van der Waals surface area contributed by atoms with Crippen LogP contribution in [0.1, 0.15) is 6.92 Å². The Morgan fingerprint density at radius 1 is 1.12 bits per heavy atom. The highest BCUT2D eigenvalue weighted by atomic mass is 16.5. The number of hydrogen-bond acceptors (Lipinski definition) is 4. The first-order valence-corrected chi connectivity index (χ1v) is 7.59. The summed E-state index contributed by atoms with van der Waals surface area (Å²) in [5.74, 6) is 0.779. The van der Waals surface area contributed by atoms with Crippen molar-refractivity contribution >= 4 is 23.2 Å². The van der Waals surface area contributed by atoms with Crippen molar-refractivity contribution in [1.29, 1.82) is 0 Å². The van der Waals surface area contributed by atoms with Crippen LogP contribution >= 0.6 is 0 Å². The zero-order valence-corrected chi connectivity index (χ0v) is 13.5. The molecule has 3 rings (SSSR count). The Morgan fingerprint density at radius 2 is 1.79 bits per heavy atom. The predicted octanol–water partition coefficient (Wildman–Crippen LogP) is 2.45. The van der Waals surface area contributed by atoms with Crippen molar-refractivity contribution in [3.05, 3.63) is 48.5 Å². The molecule has 124 valence electrons. The van der Waals surface area contributed by atoms with Gasteiger partial charge in [-0.25, -0.2) is 0 Å². The molecule has 0 radical (unpaired) electrons. The largest absolute Gasteiger partial charge is 0.497 e. The number of benzene rings is 2. The lowest BCUT2D eigenvalue weighted by Gasteiger charge is -2.31. The normalized spacial score (nSPS) is 14.4. The number of carbonyl (C=O) groups is 2. The van der Waals surface area contributed by atoms with Gasteiger partial charge in [0, 0.05) is 0 Å². The highest BCUT2D eigenvalue weighted by Gasteiger charge is 2.30. The molecule has 6 nitrogen and oxygen atoms in total. The van der Waals surface area contributed by atoms with Crippen molar-refractivity contribution in [2.45, 2.75) is 13.0 Å². The molecule has 0 saturated heterocycles. The topological polar surface area (TPSA) is 67.9 Å². The smallest absolute Gasteiger partial charge is 0.268 e.